The molecule has 0 bridgehead atoms. The van der Waals surface area contributed by atoms with Crippen LogP contribution in [0.4, 0.5) is 17.2 Å². The first-order chi connectivity index (χ1) is 15.5. The maximum absolute atomic E-state index is 12.9. The van der Waals surface area contributed by atoms with Gasteiger partial charge in [0.05, 0.1) is 19.0 Å². The van der Waals surface area contributed by atoms with Crippen LogP contribution in [-0.4, -0.2) is 44.4 Å². The molecule has 0 spiro atoms. The fourth-order valence-corrected chi connectivity index (χ4v) is 4.04. The van der Waals surface area contributed by atoms with Crippen molar-refractivity contribution in [1.82, 2.24) is 19.7 Å². The SMILES string of the molecule is COc1cc2c(Nc3ccc4c(c3)CCN4C(=O)Cc3ccnn3C)ncnc2cc1O. The van der Waals surface area contributed by atoms with Gasteiger partial charge in [0.15, 0.2) is 11.5 Å². The van der Waals surface area contributed by atoms with E-state index < -0.39 is 0 Å². The fourth-order valence-electron chi connectivity index (χ4n) is 4.04. The van der Waals surface area contributed by atoms with Crippen LogP contribution in [0.1, 0.15) is 11.3 Å². The first kappa shape index (κ1) is 19.8. The average Bonchev–Trinajstić information content (AvgIpc) is 3.39. The summed E-state index contributed by atoms with van der Waals surface area (Å²) in [6.07, 6.45) is 4.25. The van der Waals surface area contributed by atoms with E-state index in [-0.39, 0.29) is 11.7 Å². The number of ether oxygens (including phenoxy) is 1. The first-order valence-corrected chi connectivity index (χ1v) is 10.2. The molecule has 1 amide bonds. The predicted octanol–water partition coefficient (Wildman–Crippen LogP) is 2.95. The van der Waals surface area contributed by atoms with Gasteiger partial charge < -0.3 is 20.1 Å². The Hall–Kier alpha value is -4.14. The number of anilines is 3. The number of nitrogens with zero attached hydrogens (tertiary/aromatic N) is 5. The number of hydrogen-bond donors (Lipinski definition) is 2. The molecular formula is C23H22N6O3. The van der Waals surface area contributed by atoms with Crippen molar-refractivity contribution >= 4 is 34.0 Å². The van der Waals surface area contributed by atoms with Gasteiger partial charge in [-0.2, -0.15) is 5.10 Å². The molecule has 3 heterocycles. The topological polar surface area (TPSA) is 105 Å². The van der Waals surface area contributed by atoms with E-state index in [0.717, 1.165) is 34.4 Å². The Bertz CT molecular complexity index is 1330. The van der Waals surface area contributed by atoms with Gasteiger partial charge in [-0.15, -0.1) is 0 Å². The highest BCUT2D eigenvalue weighted by atomic mass is 16.5. The molecule has 1 aliphatic rings. The maximum Gasteiger partial charge on any atom is 0.233 e. The Morgan fingerprint density at radius 1 is 1.22 bits per heavy atom. The molecule has 0 saturated heterocycles. The molecular weight excluding hydrogens is 408 g/mol. The summed E-state index contributed by atoms with van der Waals surface area (Å²) < 4.78 is 6.95. The average molecular weight is 430 g/mol. The Balaban J connectivity index is 1.40. The lowest BCUT2D eigenvalue weighted by Gasteiger charge is -2.18. The standard InChI is InChI=1S/C23H22N6O3/c1-28-16(5-7-26-28)10-22(31)29-8-6-14-9-15(3-4-19(14)29)27-23-17-11-21(32-2)20(30)12-18(17)24-13-25-23/h3-5,7,9,11-13,30H,6,8,10H2,1-2H3,(H,24,25,27). The molecule has 0 aliphatic carbocycles. The molecule has 9 heteroatoms. The number of aryl methyl sites for hydroxylation is 1. The number of carbonyl (C=O) groups is 1. The minimum absolute atomic E-state index is 0.0260. The number of carbonyl (C=O) groups excluding carboxylic acids is 1. The molecule has 0 atom stereocenters. The summed E-state index contributed by atoms with van der Waals surface area (Å²) in [5.41, 5.74) is 4.38. The van der Waals surface area contributed by atoms with Gasteiger partial charge in [0.2, 0.25) is 5.91 Å². The van der Waals surface area contributed by atoms with Crippen LogP contribution >= 0.6 is 0 Å². The number of phenolic OH excluding ortho intramolecular Hbond substituents is 1. The maximum atomic E-state index is 12.9. The molecule has 2 aromatic carbocycles. The van der Waals surface area contributed by atoms with Crippen molar-refractivity contribution in [2.24, 2.45) is 7.05 Å². The van der Waals surface area contributed by atoms with Crippen molar-refractivity contribution in [3.63, 3.8) is 0 Å². The van der Waals surface area contributed by atoms with Gasteiger partial charge in [-0.25, -0.2) is 9.97 Å². The lowest BCUT2D eigenvalue weighted by Crippen LogP contribution is -2.30. The number of fused-ring (bicyclic) bond motifs is 2. The van der Waals surface area contributed by atoms with Gasteiger partial charge in [-0.3, -0.25) is 9.48 Å². The van der Waals surface area contributed by atoms with Crippen LogP contribution < -0.4 is 15.0 Å². The second-order valence-corrected chi connectivity index (χ2v) is 7.65. The Morgan fingerprint density at radius 2 is 2.09 bits per heavy atom. The minimum Gasteiger partial charge on any atom is -0.504 e. The smallest absolute Gasteiger partial charge is 0.233 e. The number of amides is 1. The second-order valence-electron chi connectivity index (χ2n) is 7.65. The van der Waals surface area contributed by atoms with E-state index in [0.29, 0.717) is 30.0 Å². The zero-order valence-electron chi connectivity index (χ0n) is 17.7. The number of aromatic nitrogens is 4. The third-order valence-electron chi connectivity index (χ3n) is 5.73. The molecule has 5 rings (SSSR count). The highest BCUT2D eigenvalue weighted by Gasteiger charge is 2.25. The van der Waals surface area contributed by atoms with Crippen LogP contribution in [0.25, 0.3) is 10.9 Å². The summed E-state index contributed by atoms with van der Waals surface area (Å²) in [5.74, 6) is 1.04. The lowest BCUT2D eigenvalue weighted by molar-refractivity contribution is -0.118. The van der Waals surface area contributed by atoms with E-state index in [9.17, 15) is 9.90 Å². The van der Waals surface area contributed by atoms with E-state index in [1.807, 2.05) is 36.2 Å². The zero-order chi connectivity index (χ0) is 22.2. The molecule has 0 saturated carbocycles. The second kappa shape index (κ2) is 7.84. The number of methoxy groups -OCH3 is 1. The molecule has 2 aromatic heterocycles. The molecule has 2 N–H and O–H groups in total. The predicted molar refractivity (Wildman–Crippen MR) is 120 cm³/mol. The number of hydrogen-bond acceptors (Lipinski definition) is 7. The summed E-state index contributed by atoms with van der Waals surface area (Å²) >= 11 is 0. The van der Waals surface area contributed by atoms with Crippen LogP contribution in [0, 0.1) is 0 Å². The molecule has 0 fully saturated rings. The van der Waals surface area contributed by atoms with Gasteiger partial charge in [0, 0.05) is 48.3 Å². The summed E-state index contributed by atoms with van der Waals surface area (Å²) in [6, 6.07) is 11.1. The third kappa shape index (κ3) is 3.47. The van der Waals surface area contributed by atoms with E-state index >= 15 is 0 Å². The van der Waals surface area contributed by atoms with Crippen LogP contribution in [0.2, 0.25) is 0 Å². The normalized spacial score (nSPS) is 12.8. The summed E-state index contributed by atoms with van der Waals surface area (Å²) in [4.78, 5) is 23.3. The van der Waals surface area contributed by atoms with Gasteiger partial charge >= 0.3 is 0 Å². The quantitative estimate of drug-likeness (QED) is 0.501. The fraction of sp³-hybridized carbons (Fsp3) is 0.217. The first-order valence-electron chi connectivity index (χ1n) is 10.2. The van der Waals surface area contributed by atoms with Crippen LogP contribution in [0.5, 0.6) is 11.5 Å². The van der Waals surface area contributed by atoms with E-state index in [4.69, 9.17) is 4.74 Å². The van der Waals surface area contributed by atoms with Crippen LogP contribution in [0.15, 0.2) is 48.9 Å². The van der Waals surface area contributed by atoms with Crippen molar-refractivity contribution < 1.29 is 14.6 Å². The highest BCUT2D eigenvalue weighted by molar-refractivity contribution is 5.97. The number of aromatic hydroxyl groups is 1. The number of benzene rings is 2. The molecule has 0 unspecified atom stereocenters. The lowest BCUT2D eigenvalue weighted by atomic mass is 10.1. The summed E-state index contributed by atoms with van der Waals surface area (Å²) in [7, 11) is 3.34. The van der Waals surface area contributed by atoms with Crippen molar-refractivity contribution in [3.05, 3.63) is 60.2 Å². The third-order valence-corrected chi connectivity index (χ3v) is 5.73. The van der Waals surface area contributed by atoms with Crippen LogP contribution in [0.3, 0.4) is 0 Å². The van der Waals surface area contributed by atoms with E-state index in [1.165, 1.54) is 13.4 Å². The molecule has 0 radical (unpaired) electrons. The monoisotopic (exact) mass is 430 g/mol. The minimum atomic E-state index is 0.0260. The number of nitrogens with one attached hydrogen (secondary N) is 1. The number of phenols is 1. The Morgan fingerprint density at radius 3 is 2.88 bits per heavy atom. The van der Waals surface area contributed by atoms with Crippen LogP contribution in [-0.2, 0) is 24.7 Å². The molecule has 1 aliphatic heterocycles. The highest BCUT2D eigenvalue weighted by Crippen LogP contribution is 2.35. The molecule has 9 nitrogen and oxygen atoms in total. The van der Waals surface area contributed by atoms with Gasteiger partial charge in [0.25, 0.3) is 0 Å². The number of rotatable bonds is 5. The van der Waals surface area contributed by atoms with Gasteiger partial charge in [-0.05, 0) is 42.3 Å². The van der Waals surface area contributed by atoms with E-state index in [1.54, 1.807) is 23.0 Å². The van der Waals surface area contributed by atoms with Crippen molar-refractivity contribution in [3.8, 4) is 11.5 Å². The van der Waals surface area contributed by atoms with Crippen molar-refractivity contribution in [2.75, 3.05) is 23.9 Å². The molecule has 162 valence electrons. The summed E-state index contributed by atoms with van der Waals surface area (Å²) in [6.45, 7) is 0.655. The van der Waals surface area contributed by atoms with Gasteiger partial charge in [-0.1, -0.05) is 0 Å². The molecule has 4 aromatic rings. The largest absolute Gasteiger partial charge is 0.504 e. The van der Waals surface area contributed by atoms with E-state index in [2.05, 4.69) is 20.4 Å². The Labute approximate surface area is 184 Å². The molecule has 32 heavy (non-hydrogen) atoms. The van der Waals surface area contributed by atoms with Gasteiger partial charge in [0.1, 0.15) is 12.1 Å². The summed E-state index contributed by atoms with van der Waals surface area (Å²) in [5, 5.41) is 18.2. The Kier molecular flexibility index (Phi) is 4.85. The van der Waals surface area contributed by atoms with Crippen molar-refractivity contribution in [1.29, 1.82) is 0 Å². The zero-order valence-corrected chi connectivity index (χ0v) is 17.7. The van der Waals surface area contributed by atoms with Crippen molar-refractivity contribution in [2.45, 2.75) is 12.8 Å².